The lowest BCUT2D eigenvalue weighted by molar-refractivity contribution is -0.140. The second kappa shape index (κ2) is 6.83. The van der Waals surface area contributed by atoms with Crippen LogP contribution in [-0.4, -0.2) is 29.6 Å². The van der Waals surface area contributed by atoms with Gasteiger partial charge in [0.25, 0.3) is 5.91 Å². The van der Waals surface area contributed by atoms with Crippen molar-refractivity contribution in [3.8, 4) is 5.75 Å². The molecular weight excluding hydrogens is 272 g/mol. The van der Waals surface area contributed by atoms with Gasteiger partial charge in [-0.25, -0.2) is 4.79 Å². The van der Waals surface area contributed by atoms with Crippen LogP contribution in [0.3, 0.4) is 0 Å². The van der Waals surface area contributed by atoms with Gasteiger partial charge in [0.2, 0.25) is 0 Å². The average Bonchev–Trinajstić information content (AvgIpc) is 2.34. The number of aliphatic carboxylic acids is 1. The van der Waals surface area contributed by atoms with Crippen LogP contribution in [0.4, 0.5) is 8.78 Å². The summed E-state index contributed by atoms with van der Waals surface area (Å²) in [5, 5.41) is 11.3. The molecule has 0 bridgehead atoms. The number of benzene rings is 1. The first-order chi connectivity index (χ1) is 9.31. The molecule has 0 aliphatic heterocycles. The van der Waals surface area contributed by atoms with Gasteiger partial charge in [0.05, 0.1) is 0 Å². The Morgan fingerprint density at radius 2 is 1.95 bits per heavy atom. The number of alkyl halides is 2. The first-order valence-electron chi connectivity index (χ1n) is 5.89. The molecule has 2 N–H and O–H groups in total. The van der Waals surface area contributed by atoms with Gasteiger partial charge in [-0.05, 0) is 24.1 Å². The summed E-state index contributed by atoms with van der Waals surface area (Å²) >= 11 is 0. The highest BCUT2D eigenvalue weighted by Gasteiger charge is 2.24. The zero-order valence-electron chi connectivity index (χ0n) is 11.0. The topological polar surface area (TPSA) is 75.6 Å². The van der Waals surface area contributed by atoms with Crippen LogP contribution >= 0.6 is 0 Å². The number of carboxylic acids is 1. The van der Waals surface area contributed by atoms with Gasteiger partial charge in [-0.15, -0.1) is 0 Å². The molecule has 0 radical (unpaired) electrons. The standard InChI is InChI=1S/C13H15F2NO4/c1-7(2)10(12(18)19)16-11(17)8-4-3-5-9(6-8)20-13(14)15/h3-7,10,13H,1-2H3,(H,16,17)(H,18,19)/t10-/m1/s1. The fraction of sp³-hybridized carbons (Fsp3) is 0.385. The number of amides is 1. The molecule has 0 unspecified atom stereocenters. The molecule has 0 aromatic heterocycles. The fourth-order valence-corrected chi connectivity index (χ4v) is 1.55. The molecule has 0 saturated heterocycles. The lowest BCUT2D eigenvalue weighted by atomic mass is 10.0. The Bertz CT molecular complexity index is 491. The number of ether oxygens (including phenoxy) is 1. The molecule has 7 heteroatoms. The van der Waals surface area contributed by atoms with E-state index in [1.807, 2.05) is 0 Å². The zero-order valence-corrected chi connectivity index (χ0v) is 11.0. The monoisotopic (exact) mass is 287 g/mol. The second-order valence-electron chi connectivity index (χ2n) is 4.44. The zero-order chi connectivity index (χ0) is 15.3. The van der Waals surface area contributed by atoms with E-state index < -0.39 is 24.5 Å². The maximum absolute atomic E-state index is 12.1. The molecule has 1 amide bonds. The highest BCUT2D eigenvalue weighted by atomic mass is 19.3. The van der Waals surface area contributed by atoms with Crippen LogP contribution < -0.4 is 10.1 Å². The summed E-state index contributed by atoms with van der Waals surface area (Å²) in [4.78, 5) is 22.9. The number of carbonyl (C=O) groups excluding carboxylic acids is 1. The minimum atomic E-state index is -2.99. The Morgan fingerprint density at radius 1 is 1.30 bits per heavy atom. The van der Waals surface area contributed by atoms with E-state index in [0.717, 1.165) is 6.07 Å². The average molecular weight is 287 g/mol. The lowest BCUT2D eigenvalue weighted by Crippen LogP contribution is -2.44. The van der Waals surface area contributed by atoms with Crippen molar-refractivity contribution in [2.75, 3.05) is 0 Å². The van der Waals surface area contributed by atoms with E-state index in [2.05, 4.69) is 10.1 Å². The largest absolute Gasteiger partial charge is 0.480 e. The predicted molar refractivity (Wildman–Crippen MR) is 66.8 cm³/mol. The second-order valence-corrected chi connectivity index (χ2v) is 4.44. The van der Waals surface area contributed by atoms with Crippen molar-refractivity contribution in [1.29, 1.82) is 0 Å². The summed E-state index contributed by atoms with van der Waals surface area (Å²) in [6.45, 7) is 0.306. The van der Waals surface area contributed by atoms with E-state index in [9.17, 15) is 18.4 Å². The number of carboxylic acid groups (broad SMARTS) is 1. The SMILES string of the molecule is CC(C)[C@@H](NC(=O)c1cccc(OC(F)F)c1)C(=O)O. The molecule has 0 saturated carbocycles. The lowest BCUT2D eigenvalue weighted by Gasteiger charge is -2.18. The minimum absolute atomic E-state index is 0.0510. The van der Waals surface area contributed by atoms with Crippen LogP contribution in [0.25, 0.3) is 0 Å². The van der Waals surface area contributed by atoms with E-state index in [0.29, 0.717) is 0 Å². The van der Waals surface area contributed by atoms with Crippen LogP contribution in [0, 0.1) is 5.92 Å². The van der Waals surface area contributed by atoms with Crippen LogP contribution in [0.2, 0.25) is 0 Å². The third-order valence-corrected chi connectivity index (χ3v) is 2.54. The number of carbonyl (C=O) groups is 2. The quantitative estimate of drug-likeness (QED) is 0.840. The number of hydrogen-bond acceptors (Lipinski definition) is 3. The van der Waals surface area contributed by atoms with E-state index in [4.69, 9.17) is 5.11 Å². The fourth-order valence-electron chi connectivity index (χ4n) is 1.55. The minimum Gasteiger partial charge on any atom is -0.480 e. The van der Waals surface area contributed by atoms with Gasteiger partial charge in [0.15, 0.2) is 0 Å². The summed E-state index contributed by atoms with van der Waals surface area (Å²) in [5.74, 6) is -2.29. The Balaban J connectivity index is 2.84. The Kier molecular flexibility index (Phi) is 5.42. The van der Waals surface area contributed by atoms with Gasteiger partial charge in [-0.3, -0.25) is 4.79 Å². The van der Waals surface area contributed by atoms with E-state index in [-0.39, 0.29) is 17.2 Å². The highest BCUT2D eigenvalue weighted by Crippen LogP contribution is 2.16. The smallest absolute Gasteiger partial charge is 0.387 e. The van der Waals surface area contributed by atoms with Crippen molar-refractivity contribution < 1.29 is 28.2 Å². The maximum atomic E-state index is 12.1. The molecule has 5 nitrogen and oxygen atoms in total. The molecule has 1 aromatic carbocycles. The summed E-state index contributed by atoms with van der Waals surface area (Å²) in [6, 6.07) is 4.10. The molecule has 110 valence electrons. The van der Waals surface area contributed by atoms with Crippen molar-refractivity contribution in [2.45, 2.75) is 26.5 Å². The first kappa shape index (κ1) is 15.9. The van der Waals surface area contributed by atoms with Crippen LogP contribution in [-0.2, 0) is 4.79 Å². The molecule has 1 rings (SSSR count). The molecule has 0 aliphatic carbocycles. The molecule has 20 heavy (non-hydrogen) atoms. The van der Waals surface area contributed by atoms with Crippen LogP contribution in [0.5, 0.6) is 5.75 Å². The maximum Gasteiger partial charge on any atom is 0.387 e. The summed E-state index contributed by atoms with van der Waals surface area (Å²) in [5.41, 5.74) is 0.0510. The number of halogens is 2. The van der Waals surface area contributed by atoms with Gasteiger partial charge in [0.1, 0.15) is 11.8 Å². The van der Waals surface area contributed by atoms with Gasteiger partial charge < -0.3 is 15.2 Å². The molecule has 1 atom stereocenters. The highest BCUT2D eigenvalue weighted by molar-refractivity contribution is 5.96. The molecule has 0 spiro atoms. The normalized spacial score (nSPS) is 12.3. The predicted octanol–water partition coefficient (Wildman–Crippen LogP) is 2.13. The molecule has 1 aromatic rings. The molecule has 0 fully saturated rings. The number of hydrogen-bond donors (Lipinski definition) is 2. The Morgan fingerprint density at radius 3 is 2.45 bits per heavy atom. The third-order valence-electron chi connectivity index (χ3n) is 2.54. The van der Waals surface area contributed by atoms with E-state index in [1.54, 1.807) is 13.8 Å². The number of nitrogens with one attached hydrogen (secondary N) is 1. The van der Waals surface area contributed by atoms with Crippen LogP contribution in [0.15, 0.2) is 24.3 Å². The van der Waals surface area contributed by atoms with Crippen molar-refractivity contribution in [3.05, 3.63) is 29.8 Å². The number of rotatable bonds is 6. The van der Waals surface area contributed by atoms with Crippen molar-refractivity contribution in [3.63, 3.8) is 0 Å². The molecular formula is C13H15F2NO4. The molecule has 0 aliphatic rings. The van der Waals surface area contributed by atoms with Gasteiger partial charge >= 0.3 is 12.6 Å². The Labute approximate surface area is 114 Å². The van der Waals surface area contributed by atoms with Crippen molar-refractivity contribution >= 4 is 11.9 Å². The molecule has 0 heterocycles. The summed E-state index contributed by atoms with van der Waals surface area (Å²) < 4.78 is 28.3. The van der Waals surface area contributed by atoms with Crippen LogP contribution in [0.1, 0.15) is 24.2 Å². The van der Waals surface area contributed by atoms with Gasteiger partial charge in [-0.2, -0.15) is 8.78 Å². The van der Waals surface area contributed by atoms with Gasteiger partial charge in [-0.1, -0.05) is 19.9 Å². The van der Waals surface area contributed by atoms with E-state index >= 15 is 0 Å². The summed E-state index contributed by atoms with van der Waals surface area (Å²) in [6.07, 6.45) is 0. The van der Waals surface area contributed by atoms with Crippen molar-refractivity contribution in [1.82, 2.24) is 5.32 Å². The summed E-state index contributed by atoms with van der Waals surface area (Å²) in [7, 11) is 0. The Hall–Kier alpha value is -2.18. The first-order valence-corrected chi connectivity index (χ1v) is 5.89. The van der Waals surface area contributed by atoms with E-state index in [1.165, 1.54) is 18.2 Å². The third kappa shape index (κ3) is 4.49. The van der Waals surface area contributed by atoms with Crippen molar-refractivity contribution in [2.24, 2.45) is 5.92 Å². The van der Waals surface area contributed by atoms with Gasteiger partial charge in [0, 0.05) is 5.56 Å².